The molecule has 0 amide bonds. The van der Waals surface area contributed by atoms with E-state index in [1.807, 2.05) is 78.9 Å². The van der Waals surface area contributed by atoms with Crippen LogP contribution < -0.4 is 0 Å². The van der Waals surface area contributed by atoms with Gasteiger partial charge in [0.05, 0.1) is 0 Å². The van der Waals surface area contributed by atoms with E-state index in [0.29, 0.717) is 23.3 Å². The highest BCUT2D eigenvalue weighted by Gasteiger charge is 2.14. The Hall–Kier alpha value is -4.84. The molecule has 34 heavy (non-hydrogen) atoms. The summed E-state index contributed by atoms with van der Waals surface area (Å²) < 4.78 is 0. The third-order valence-electron chi connectivity index (χ3n) is 5.62. The van der Waals surface area contributed by atoms with E-state index >= 15 is 0 Å². The molecule has 0 radical (unpaired) electrons. The van der Waals surface area contributed by atoms with Crippen LogP contribution in [0.1, 0.15) is 0 Å². The largest absolute Gasteiger partial charge is 0.259 e. The normalized spacial score (nSPS) is 10.9. The van der Waals surface area contributed by atoms with Crippen molar-refractivity contribution in [1.82, 2.24) is 30.4 Å². The van der Waals surface area contributed by atoms with Gasteiger partial charge in [-0.25, -0.2) is 9.97 Å². The zero-order valence-electron chi connectivity index (χ0n) is 18.2. The number of benzene rings is 4. The number of aromatic nitrogens is 6. The molecular formula is C28H20N6. The molecule has 6 aromatic rings. The van der Waals surface area contributed by atoms with Crippen LogP contribution >= 0.6 is 0 Å². The van der Waals surface area contributed by atoms with Crippen LogP contribution in [0.5, 0.6) is 0 Å². The van der Waals surface area contributed by atoms with Crippen molar-refractivity contribution >= 4 is 0 Å². The molecule has 4 aromatic carbocycles. The van der Waals surface area contributed by atoms with E-state index in [2.05, 4.69) is 50.7 Å². The highest BCUT2D eigenvalue weighted by Crippen LogP contribution is 2.31. The number of hydrogen-bond donors (Lipinski definition) is 2. The van der Waals surface area contributed by atoms with Gasteiger partial charge in [-0.1, -0.05) is 91.0 Å². The van der Waals surface area contributed by atoms with Crippen molar-refractivity contribution in [2.75, 3.05) is 0 Å². The molecule has 0 atom stereocenters. The average Bonchev–Trinajstić information content (AvgIpc) is 3.61. The number of hydrogen-bond acceptors (Lipinski definition) is 4. The Morgan fingerprint density at radius 1 is 0.382 bits per heavy atom. The first-order valence-electron chi connectivity index (χ1n) is 11.0. The quantitative estimate of drug-likeness (QED) is 0.331. The van der Waals surface area contributed by atoms with Gasteiger partial charge in [-0.3, -0.25) is 10.2 Å². The van der Waals surface area contributed by atoms with Gasteiger partial charge in [-0.2, -0.15) is 10.2 Å². The lowest BCUT2D eigenvalue weighted by molar-refractivity contribution is 1.10. The molecule has 162 valence electrons. The van der Waals surface area contributed by atoms with Crippen LogP contribution in [0.2, 0.25) is 0 Å². The van der Waals surface area contributed by atoms with Crippen molar-refractivity contribution in [3.05, 3.63) is 109 Å². The molecule has 6 rings (SSSR count). The summed E-state index contributed by atoms with van der Waals surface area (Å²) in [5.74, 6) is 2.71. The van der Waals surface area contributed by atoms with E-state index < -0.39 is 0 Å². The van der Waals surface area contributed by atoms with Crippen molar-refractivity contribution in [2.45, 2.75) is 0 Å². The van der Waals surface area contributed by atoms with Crippen LogP contribution in [0.25, 0.3) is 56.7 Å². The maximum absolute atomic E-state index is 4.76. The number of aromatic amines is 2. The summed E-state index contributed by atoms with van der Waals surface area (Å²) in [6, 6.07) is 36.4. The summed E-state index contributed by atoms with van der Waals surface area (Å²) in [6.45, 7) is 0. The monoisotopic (exact) mass is 440 g/mol. The van der Waals surface area contributed by atoms with Crippen molar-refractivity contribution < 1.29 is 0 Å². The van der Waals surface area contributed by atoms with E-state index in [0.717, 1.165) is 33.4 Å². The first kappa shape index (κ1) is 19.8. The molecule has 0 saturated carbocycles. The topological polar surface area (TPSA) is 83.1 Å². The molecular weight excluding hydrogens is 420 g/mol. The Morgan fingerprint density at radius 2 is 0.765 bits per heavy atom. The summed E-state index contributed by atoms with van der Waals surface area (Å²) in [6.07, 6.45) is 0. The number of rotatable bonds is 5. The summed E-state index contributed by atoms with van der Waals surface area (Å²) >= 11 is 0. The van der Waals surface area contributed by atoms with Crippen LogP contribution in [0, 0.1) is 0 Å². The van der Waals surface area contributed by atoms with Crippen LogP contribution in [0.4, 0.5) is 0 Å². The fourth-order valence-electron chi connectivity index (χ4n) is 3.91. The predicted molar refractivity (Wildman–Crippen MR) is 134 cm³/mol. The molecule has 0 aliphatic carbocycles. The van der Waals surface area contributed by atoms with E-state index in [1.54, 1.807) is 0 Å². The Morgan fingerprint density at radius 3 is 1.21 bits per heavy atom. The molecule has 0 unspecified atom stereocenters. The summed E-state index contributed by atoms with van der Waals surface area (Å²) in [5, 5.41) is 15.1. The second-order valence-corrected chi connectivity index (χ2v) is 7.91. The van der Waals surface area contributed by atoms with Crippen LogP contribution in [-0.4, -0.2) is 30.4 Å². The van der Waals surface area contributed by atoms with Crippen LogP contribution in [0.3, 0.4) is 0 Å². The van der Waals surface area contributed by atoms with Gasteiger partial charge in [0, 0.05) is 22.3 Å². The second-order valence-electron chi connectivity index (χ2n) is 7.91. The van der Waals surface area contributed by atoms with Gasteiger partial charge in [0.1, 0.15) is 0 Å². The fraction of sp³-hybridized carbons (Fsp3) is 0. The molecule has 6 heteroatoms. The Kier molecular flexibility index (Phi) is 5.01. The van der Waals surface area contributed by atoms with Crippen LogP contribution in [0.15, 0.2) is 109 Å². The molecule has 0 aliphatic heterocycles. The molecule has 2 heterocycles. The molecule has 0 spiro atoms. The van der Waals surface area contributed by atoms with Gasteiger partial charge in [0.2, 0.25) is 0 Å². The Balaban J connectivity index is 1.45. The first-order valence-corrected chi connectivity index (χ1v) is 11.0. The van der Waals surface area contributed by atoms with Gasteiger partial charge >= 0.3 is 0 Å². The molecule has 0 bridgehead atoms. The minimum atomic E-state index is 0.660. The standard InChI is InChI=1S/C28H20N6/c1-4-10-19(11-5-1)22-16-23(27-29-25(31-33-27)20-12-6-2-7-13-20)18-24(17-22)28-30-26(32-34-28)21-14-8-3-9-15-21/h1-18H,(H,29,31,33)(H,30,32,34). The fourth-order valence-corrected chi connectivity index (χ4v) is 3.91. The smallest absolute Gasteiger partial charge is 0.181 e. The lowest BCUT2D eigenvalue weighted by atomic mass is 9.99. The molecule has 6 nitrogen and oxygen atoms in total. The zero-order valence-corrected chi connectivity index (χ0v) is 18.2. The average molecular weight is 441 g/mol. The molecule has 2 N–H and O–H groups in total. The lowest BCUT2D eigenvalue weighted by Crippen LogP contribution is -1.89. The minimum Gasteiger partial charge on any atom is -0.259 e. The van der Waals surface area contributed by atoms with E-state index in [1.165, 1.54) is 0 Å². The number of nitrogens with one attached hydrogen (secondary N) is 2. The van der Waals surface area contributed by atoms with E-state index in [4.69, 9.17) is 9.97 Å². The van der Waals surface area contributed by atoms with E-state index in [9.17, 15) is 0 Å². The van der Waals surface area contributed by atoms with Crippen LogP contribution in [-0.2, 0) is 0 Å². The lowest BCUT2D eigenvalue weighted by Gasteiger charge is -2.07. The van der Waals surface area contributed by atoms with Gasteiger partial charge in [-0.05, 0) is 29.3 Å². The Bertz CT molecular complexity index is 1440. The maximum Gasteiger partial charge on any atom is 0.181 e. The van der Waals surface area contributed by atoms with Gasteiger partial charge in [-0.15, -0.1) is 0 Å². The Labute approximate surface area is 196 Å². The predicted octanol–water partition coefficient (Wildman–Crippen LogP) is 6.26. The summed E-state index contributed by atoms with van der Waals surface area (Å²) in [5.41, 5.74) is 5.94. The number of H-pyrrole nitrogens is 2. The summed E-state index contributed by atoms with van der Waals surface area (Å²) in [4.78, 5) is 9.52. The molecule has 2 aromatic heterocycles. The molecule has 0 saturated heterocycles. The molecule has 0 aliphatic rings. The van der Waals surface area contributed by atoms with Crippen molar-refractivity contribution in [1.29, 1.82) is 0 Å². The first-order chi connectivity index (χ1) is 16.8. The van der Waals surface area contributed by atoms with Crippen molar-refractivity contribution in [3.63, 3.8) is 0 Å². The highest BCUT2D eigenvalue weighted by molar-refractivity contribution is 5.78. The van der Waals surface area contributed by atoms with Crippen molar-refractivity contribution in [3.8, 4) is 56.7 Å². The third-order valence-corrected chi connectivity index (χ3v) is 5.62. The van der Waals surface area contributed by atoms with Gasteiger partial charge < -0.3 is 0 Å². The van der Waals surface area contributed by atoms with Gasteiger partial charge in [0.15, 0.2) is 23.3 Å². The summed E-state index contributed by atoms with van der Waals surface area (Å²) in [7, 11) is 0. The second kappa shape index (κ2) is 8.60. The van der Waals surface area contributed by atoms with Gasteiger partial charge in [0.25, 0.3) is 0 Å². The van der Waals surface area contributed by atoms with E-state index in [-0.39, 0.29) is 0 Å². The number of nitrogens with zero attached hydrogens (tertiary/aromatic N) is 4. The van der Waals surface area contributed by atoms with Crippen molar-refractivity contribution in [2.24, 2.45) is 0 Å². The highest BCUT2D eigenvalue weighted by atomic mass is 15.2. The zero-order chi connectivity index (χ0) is 22.7. The third kappa shape index (κ3) is 3.89. The maximum atomic E-state index is 4.76. The minimum absolute atomic E-state index is 0.660. The SMILES string of the molecule is c1ccc(-c2cc(-c3nc(-c4ccccc4)n[nH]3)cc(-c3nc(-c4ccccc4)n[nH]3)c2)cc1. The molecule has 0 fully saturated rings.